The van der Waals surface area contributed by atoms with Gasteiger partial charge in [0, 0.05) is 6.42 Å². The first-order valence-electron chi connectivity index (χ1n) is 21.0. The molecule has 2 atom stereocenters. The largest absolute Gasteiger partial charge is 0.394 e. The van der Waals surface area contributed by atoms with E-state index in [9.17, 15) is 15.0 Å². The summed E-state index contributed by atoms with van der Waals surface area (Å²) in [7, 11) is 0. The summed E-state index contributed by atoms with van der Waals surface area (Å²) in [6, 6.07) is -0.549. The summed E-state index contributed by atoms with van der Waals surface area (Å²) in [5.41, 5.74) is 0. The SMILES string of the molecule is CCCCCCCC/C=C/CCCCCCCCCCCCCCCC(=O)N[C@@H](CO)[C@H](O)CCCC/C=C/CCCCCCCC. The Hall–Kier alpha value is -1.13. The summed E-state index contributed by atoms with van der Waals surface area (Å²) in [6.45, 7) is 4.33. The molecule has 0 aliphatic rings. The van der Waals surface area contributed by atoms with E-state index in [1.807, 2.05) is 0 Å². The van der Waals surface area contributed by atoms with E-state index in [1.54, 1.807) is 0 Å². The molecule has 1 amide bonds. The lowest BCUT2D eigenvalue weighted by molar-refractivity contribution is -0.123. The van der Waals surface area contributed by atoms with Gasteiger partial charge in [0.1, 0.15) is 0 Å². The van der Waals surface area contributed by atoms with Gasteiger partial charge in [0.25, 0.3) is 0 Å². The summed E-state index contributed by atoms with van der Waals surface area (Å²) in [5.74, 6) is -0.0410. The van der Waals surface area contributed by atoms with Crippen LogP contribution >= 0.6 is 0 Å². The fourth-order valence-electron chi connectivity index (χ4n) is 6.41. The summed E-state index contributed by atoms with van der Waals surface area (Å²) in [6.07, 6.45) is 49.7. The Morgan fingerprint density at radius 2 is 0.809 bits per heavy atom. The molecule has 3 N–H and O–H groups in total. The summed E-state index contributed by atoms with van der Waals surface area (Å²) in [4.78, 5) is 12.4. The monoisotopic (exact) mass is 662 g/mol. The van der Waals surface area contributed by atoms with Gasteiger partial charge in [-0.15, -0.1) is 0 Å². The Morgan fingerprint density at radius 1 is 0.489 bits per heavy atom. The smallest absolute Gasteiger partial charge is 0.220 e. The van der Waals surface area contributed by atoms with Gasteiger partial charge in [-0.25, -0.2) is 0 Å². The lowest BCUT2D eigenvalue weighted by atomic mass is 10.0. The van der Waals surface area contributed by atoms with Gasteiger partial charge in [-0.2, -0.15) is 0 Å². The molecule has 0 aliphatic carbocycles. The van der Waals surface area contributed by atoms with Gasteiger partial charge in [0.15, 0.2) is 0 Å². The second kappa shape index (κ2) is 39.3. The average molecular weight is 662 g/mol. The molecule has 47 heavy (non-hydrogen) atoms. The number of hydrogen-bond acceptors (Lipinski definition) is 3. The van der Waals surface area contributed by atoms with Gasteiger partial charge in [0.2, 0.25) is 5.91 Å². The van der Waals surface area contributed by atoms with Crippen molar-refractivity contribution in [2.45, 2.75) is 238 Å². The maximum absolute atomic E-state index is 12.4. The van der Waals surface area contributed by atoms with Gasteiger partial charge < -0.3 is 15.5 Å². The molecule has 278 valence electrons. The van der Waals surface area contributed by atoms with E-state index in [0.717, 1.165) is 32.1 Å². The van der Waals surface area contributed by atoms with Gasteiger partial charge in [-0.3, -0.25) is 4.79 Å². The van der Waals surface area contributed by atoms with E-state index in [2.05, 4.69) is 43.5 Å². The number of hydrogen-bond donors (Lipinski definition) is 3. The molecule has 0 spiro atoms. The van der Waals surface area contributed by atoms with Crippen LogP contribution in [0.5, 0.6) is 0 Å². The maximum atomic E-state index is 12.4. The molecule has 0 unspecified atom stereocenters. The molecule has 0 saturated heterocycles. The summed E-state index contributed by atoms with van der Waals surface area (Å²) < 4.78 is 0. The van der Waals surface area contributed by atoms with Crippen LogP contribution in [0.3, 0.4) is 0 Å². The van der Waals surface area contributed by atoms with Crippen molar-refractivity contribution in [3.8, 4) is 0 Å². The molecule has 0 heterocycles. The molecular weight excluding hydrogens is 578 g/mol. The topological polar surface area (TPSA) is 69.6 Å². The van der Waals surface area contributed by atoms with Crippen molar-refractivity contribution in [3.05, 3.63) is 24.3 Å². The van der Waals surface area contributed by atoms with Crippen LogP contribution in [0.4, 0.5) is 0 Å². The van der Waals surface area contributed by atoms with E-state index in [1.165, 1.54) is 167 Å². The highest BCUT2D eigenvalue weighted by Gasteiger charge is 2.19. The fourth-order valence-corrected chi connectivity index (χ4v) is 6.41. The molecule has 0 aromatic heterocycles. The molecule has 4 nitrogen and oxygen atoms in total. The number of aliphatic hydroxyl groups excluding tert-OH is 2. The number of nitrogens with one attached hydrogen (secondary N) is 1. The summed E-state index contributed by atoms with van der Waals surface area (Å²) >= 11 is 0. The quantitative estimate of drug-likeness (QED) is 0.0455. The molecule has 0 radical (unpaired) electrons. The van der Waals surface area contributed by atoms with Gasteiger partial charge in [0.05, 0.1) is 18.8 Å². The van der Waals surface area contributed by atoms with E-state index < -0.39 is 12.1 Å². The average Bonchev–Trinajstić information content (AvgIpc) is 3.07. The first-order valence-corrected chi connectivity index (χ1v) is 21.0. The zero-order valence-electron chi connectivity index (χ0n) is 31.8. The number of amides is 1. The van der Waals surface area contributed by atoms with Crippen molar-refractivity contribution in [1.29, 1.82) is 0 Å². The van der Waals surface area contributed by atoms with Crippen LogP contribution in [-0.2, 0) is 4.79 Å². The number of allylic oxidation sites excluding steroid dienone is 4. The lowest BCUT2D eigenvalue weighted by Gasteiger charge is -2.22. The van der Waals surface area contributed by atoms with Gasteiger partial charge in [-0.1, -0.05) is 179 Å². The maximum Gasteiger partial charge on any atom is 0.220 e. The predicted octanol–water partition coefficient (Wildman–Crippen LogP) is 12.8. The Balaban J connectivity index is 3.50. The molecule has 4 heteroatoms. The highest BCUT2D eigenvalue weighted by molar-refractivity contribution is 5.76. The molecule has 0 fully saturated rings. The van der Waals surface area contributed by atoms with Crippen molar-refractivity contribution in [2.24, 2.45) is 0 Å². The zero-order valence-corrected chi connectivity index (χ0v) is 31.8. The summed E-state index contributed by atoms with van der Waals surface area (Å²) in [5, 5.41) is 23.1. The van der Waals surface area contributed by atoms with E-state index >= 15 is 0 Å². The number of carbonyl (C=O) groups excluding carboxylic acids is 1. The van der Waals surface area contributed by atoms with Crippen LogP contribution < -0.4 is 5.32 Å². The fraction of sp³-hybridized carbons (Fsp3) is 0.884. The highest BCUT2D eigenvalue weighted by Crippen LogP contribution is 2.15. The standard InChI is InChI=1S/C43H83NO3/c1-3-5-7-9-11-13-15-17-18-19-20-21-22-23-24-25-26-27-29-31-33-35-37-39-43(47)44-41(40-45)42(46)38-36-34-32-30-28-16-14-12-10-8-6-4-2/h17-18,28,30,41-42,45-46H,3-16,19-27,29,31-40H2,1-2H3,(H,44,47)/b18-17+,30-28+/t41-,42+/m0/s1. The van der Waals surface area contributed by atoms with Crippen molar-refractivity contribution in [3.63, 3.8) is 0 Å². The second-order valence-corrected chi connectivity index (χ2v) is 14.4. The zero-order chi connectivity index (χ0) is 34.3. The van der Waals surface area contributed by atoms with Crippen molar-refractivity contribution >= 4 is 5.91 Å². The number of unbranched alkanes of at least 4 members (excludes halogenated alkanes) is 27. The minimum Gasteiger partial charge on any atom is -0.394 e. The third kappa shape index (κ3) is 36.0. The predicted molar refractivity (Wildman–Crippen MR) is 207 cm³/mol. The third-order valence-corrected chi connectivity index (χ3v) is 9.68. The lowest BCUT2D eigenvalue weighted by Crippen LogP contribution is -2.45. The van der Waals surface area contributed by atoms with Crippen molar-refractivity contribution in [2.75, 3.05) is 6.61 Å². The van der Waals surface area contributed by atoms with Crippen LogP contribution in [-0.4, -0.2) is 34.9 Å². The minimum atomic E-state index is -0.678. The molecule has 0 aromatic rings. The third-order valence-electron chi connectivity index (χ3n) is 9.68. The second-order valence-electron chi connectivity index (χ2n) is 14.4. The highest BCUT2D eigenvalue weighted by atomic mass is 16.3. The molecule has 0 aliphatic heterocycles. The number of carbonyl (C=O) groups is 1. The Morgan fingerprint density at radius 3 is 1.17 bits per heavy atom. The Labute approximate surface area is 294 Å². The van der Waals surface area contributed by atoms with Crippen LogP contribution in [0.1, 0.15) is 226 Å². The van der Waals surface area contributed by atoms with Gasteiger partial charge >= 0.3 is 0 Å². The van der Waals surface area contributed by atoms with Crippen molar-refractivity contribution < 1.29 is 15.0 Å². The molecule has 0 rings (SSSR count). The molecule has 0 bridgehead atoms. The van der Waals surface area contributed by atoms with E-state index in [-0.39, 0.29) is 12.5 Å². The van der Waals surface area contributed by atoms with E-state index in [0.29, 0.717) is 12.8 Å². The van der Waals surface area contributed by atoms with Crippen LogP contribution in [0, 0.1) is 0 Å². The molecule has 0 aromatic carbocycles. The van der Waals surface area contributed by atoms with Crippen LogP contribution in [0.2, 0.25) is 0 Å². The number of aliphatic hydroxyl groups is 2. The first-order chi connectivity index (χ1) is 23.2. The van der Waals surface area contributed by atoms with Crippen LogP contribution in [0.15, 0.2) is 24.3 Å². The molecular formula is C43H83NO3. The first kappa shape index (κ1) is 45.9. The van der Waals surface area contributed by atoms with Crippen molar-refractivity contribution in [1.82, 2.24) is 5.32 Å². The molecule has 0 saturated carbocycles. The Kier molecular flexibility index (Phi) is 38.4. The van der Waals surface area contributed by atoms with Crippen LogP contribution in [0.25, 0.3) is 0 Å². The van der Waals surface area contributed by atoms with Gasteiger partial charge in [-0.05, 0) is 64.2 Å². The normalized spacial score (nSPS) is 13.2. The number of rotatable bonds is 38. The minimum absolute atomic E-state index is 0.0410. The van der Waals surface area contributed by atoms with E-state index in [4.69, 9.17) is 0 Å². The Bertz CT molecular complexity index is 676.